The Hall–Kier alpha value is -6.20. The third-order valence-corrected chi connectivity index (χ3v) is 9.14. The maximum absolute atomic E-state index is 16.1. The molecule has 0 aromatic heterocycles. The molecule has 0 radical (unpaired) electrons. The Kier molecular flexibility index (Phi) is 8.88. The first-order valence-electron chi connectivity index (χ1n) is 24.0. The summed E-state index contributed by atoms with van der Waals surface area (Å²) in [4.78, 5) is 0. The topological polar surface area (TPSA) is 77.4 Å². The van der Waals surface area contributed by atoms with E-state index in [0.717, 1.165) is 0 Å². The Balaban J connectivity index is 0.000000190. The highest BCUT2D eigenvalue weighted by Crippen LogP contribution is 2.43. The van der Waals surface area contributed by atoms with E-state index in [-0.39, 0.29) is 44.1 Å². The van der Waals surface area contributed by atoms with Gasteiger partial charge in [0, 0.05) is 16.7 Å². The number of hydrogen-bond donors (Lipinski definition) is 2. The highest BCUT2D eigenvalue weighted by molar-refractivity contribution is 9.10. The fourth-order valence-electron chi connectivity index (χ4n) is 5.89. The van der Waals surface area contributed by atoms with Crippen LogP contribution in [-0.4, -0.2) is 45.6 Å². The average molecular weight is 856 g/mol. The highest BCUT2D eigenvalue weighted by atomic mass is 79.9. The lowest BCUT2D eigenvalue weighted by molar-refractivity contribution is 0.396. The van der Waals surface area contributed by atoms with Crippen LogP contribution in [0.5, 0.6) is 23.0 Å². The maximum Gasteiger partial charge on any atom is 0.489 e. The minimum absolute atomic E-state index is 0.0849. The first-order chi connectivity index (χ1) is 34.0. The second-order valence-corrected chi connectivity index (χ2v) is 12.6. The van der Waals surface area contributed by atoms with E-state index in [9.17, 15) is 14.4 Å². The normalized spacial score (nSPS) is 13.9. The second kappa shape index (κ2) is 19.3. The van der Waals surface area contributed by atoms with Crippen molar-refractivity contribution in [3.8, 4) is 56.4 Å². The summed E-state index contributed by atoms with van der Waals surface area (Å²) in [7, 11) is 3.80. The van der Waals surface area contributed by atoms with Crippen molar-refractivity contribution in [1.82, 2.24) is 0 Å². The summed E-state index contributed by atoms with van der Waals surface area (Å²) in [5, 5.41) is 17.6. The van der Waals surface area contributed by atoms with E-state index >= 15 is 4.39 Å². The number of ether oxygens (including phenoxy) is 4. The van der Waals surface area contributed by atoms with Crippen molar-refractivity contribution in [3.05, 3.63) is 173 Å². The molecule has 10 heteroatoms. The minimum Gasteiger partial charge on any atom is -0.496 e. The molecule has 0 aliphatic heterocycles. The van der Waals surface area contributed by atoms with Crippen LogP contribution in [0.4, 0.5) is 8.78 Å². The summed E-state index contributed by atoms with van der Waals surface area (Å²) in [5.74, 6) is 0.717. The second-order valence-electron chi connectivity index (χ2n) is 11.8. The Labute approximate surface area is 364 Å². The van der Waals surface area contributed by atoms with Gasteiger partial charge in [-0.1, -0.05) is 127 Å². The summed E-state index contributed by atoms with van der Waals surface area (Å²) in [6.07, 6.45) is 0. The summed E-state index contributed by atoms with van der Waals surface area (Å²) in [5.41, 5.74) is 0.651. The van der Waals surface area contributed by atoms with E-state index in [1.807, 2.05) is 0 Å². The lowest BCUT2D eigenvalue weighted by Gasteiger charge is -2.16. The van der Waals surface area contributed by atoms with Gasteiger partial charge in [0.2, 0.25) is 0 Å². The Bertz CT molecular complexity index is 3400. The summed E-state index contributed by atoms with van der Waals surface area (Å²) >= 11 is 3.18. The number of halogens is 3. The molecule has 0 heterocycles. The predicted octanol–water partition coefficient (Wildman–Crippen LogP) is 11.1. The molecule has 0 spiro atoms. The lowest BCUT2D eigenvalue weighted by Crippen LogP contribution is -2.30. The summed E-state index contributed by atoms with van der Waals surface area (Å²) < 4.78 is 163. The largest absolute Gasteiger partial charge is 0.496 e. The van der Waals surface area contributed by atoms with Crippen molar-refractivity contribution < 1.29 is 57.0 Å². The van der Waals surface area contributed by atoms with Gasteiger partial charge in [0.15, 0.2) is 0 Å². The first-order valence-corrected chi connectivity index (χ1v) is 17.8. The van der Waals surface area contributed by atoms with Crippen LogP contribution in [0.3, 0.4) is 0 Å². The number of benzene rings is 8. The number of rotatable bonds is 8. The smallest absolute Gasteiger partial charge is 0.489 e. The van der Waals surface area contributed by atoms with Crippen LogP contribution in [0.15, 0.2) is 162 Å². The zero-order valence-corrected chi connectivity index (χ0v) is 32.8. The molecule has 0 aliphatic rings. The molecule has 8 rings (SSSR count). The van der Waals surface area contributed by atoms with Crippen LogP contribution in [0, 0.1) is 11.6 Å². The van der Waals surface area contributed by atoms with Gasteiger partial charge in [-0.15, -0.1) is 0 Å². The monoisotopic (exact) mass is 854 g/mol. The zero-order chi connectivity index (χ0) is 53.4. The van der Waals surface area contributed by atoms with Crippen molar-refractivity contribution in [2.75, 3.05) is 28.4 Å². The first kappa shape index (κ1) is 26.7. The molecule has 0 atom stereocenters. The fourth-order valence-corrected chi connectivity index (χ4v) is 6.25. The van der Waals surface area contributed by atoms with Gasteiger partial charge in [-0.3, -0.25) is 0 Å². The Morgan fingerprint density at radius 2 is 0.897 bits per heavy atom. The third kappa shape index (κ3) is 8.85. The Morgan fingerprint density at radius 1 is 0.483 bits per heavy atom. The molecule has 0 aliphatic carbocycles. The number of fused-ring (bicyclic) bond motifs is 2. The minimum atomic E-state index is -2.17. The van der Waals surface area contributed by atoms with Crippen LogP contribution in [0.25, 0.3) is 54.9 Å². The molecule has 2 N–H and O–H groups in total. The molecule has 0 unspecified atom stereocenters. The molecular weight excluding hydrogens is 801 g/mol. The van der Waals surface area contributed by atoms with Gasteiger partial charge in [-0.2, -0.15) is 0 Å². The lowest BCUT2D eigenvalue weighted by atomic mass is 9.77. The van der Waals surface area contributed by atoms with Crippen molar-refractivity contribution in [3.63, 3.8) is 0 Å². The molecule has 0 fully saturated rings. The molecule has 0 amide bonds. The van der Waals surface area contributed by atoms with Gasteiger partial charge in [-0.05, 0) is 78.8 Å². The fraction of sp³-hybridized carbons (Fsp3) is 0.0833. The molecule has 0 bridgehead atoms. The van der Waals surface area contributed by atoms with Crippen molar-refractivity contribution >= 4 is 50.1 Å². The average Bonchev–Trinajstić information content (AvgIpc) is 3.37. The van der Waals surface area contributed by atoms with Gasteiger partial charge in [0.1, 0.15) is 34.6 Å². The SMILES string of the molecule is COc1cccc(OC)c1-c1cccc(Br)c1F.[2H]c1c([2H])c([2H])c2c(-c3cccc(-c4c(OC)cccc4OC)c3F)c([2H])c([2H])c([2H])c2c1[2H].[2H]c1c([2H])c([2H])c2c(B(O)O)c([2H])c([2H])c([2H])c2c1[2H]. The highest BCUT2D eigenvalue weighted by Gasteiger charge is 2.20. The van der Waals surface area contributed by atoms with Crippen LogP contribution in [-0.2, 0) is 0 Å². The molecular formula is C48H40BBrF2O6. The van der Waals surface area contributed by atoms with Crippen LogP contribution < -0.4 is 24.4 Å². The summed E-state index contributed by atoms with van der Waals surface area (Å²) in [6, 6.07) is 12.0. The molecule has 58 heavy (non-hydrogen) atoms. The van der Waals surface area contributed by atoms with Crippen LogP contribution in [0.1, 0.15) is 19.2 Å². The van der Waals surface area contributed by atoms with Gasteiger partial charge in [0.05, 0.1) is 63.2 Å². The maximum atomic E-state index is 16.1. The van der Waals surface area contributed by atoms with Gasteiger partial charge < -0.3 is 29.0 Å². The van der Waals surface area contributed by atoms with Gasteiger partial charge >= 0.3 is 7.12 Å². The predicted molar refractivity (Wildman–Crippen MR) is 234 cm³/mol. The number of methoxy groups -OCH3 is 4. The van der Waals surface area contributed by atoms with E-state index in [1.165, 1.54) is 32.4 Å². The van der Waals surface area contributed by atoms with Crippen molar-refractivity contribution in [2.45, 2.75) is 0 Å². The van der Waals surface area contributed by atoms with Crippen molar-refractivity contribution in [2.24, 2.45) is 0 Å². The molecule has 292 valence electrons. The number of hydrogen-bond acceptors (Lipinski definition) is 6. The molecule has 0 saturated carbocycles. The van der Waals surface area contributed by atoms with E-state index in [0.29, 0.717) is 44.2 Å². The van der Waals surface area contributed by atoms with E-state index in [4.69, 9.17) is 38.1 Å². The van der Waals surface area contributed by atoms with E-state index < -0.39 is 103 Å². The van der Waals surface area contributed by atoms with E-state index in [2.05, 4.69) is 15.9 Å². The van der Waals surface area contributed by atoms with Gasteiger partial charge in [-0.25, -0.2) is 8.78 Å². The molecule has 8 aromatic carbocycles. The van der Waals surface area contributed by atoms with Gasteiger partial charge in [0.25, 0.3) is 0 Å². The zero-order valence-electron chi connectivity index (χ0n) is 45.2. The Morgan fingerprint density at radius 3 is 1.43 bits per heavy atom. The molecule has 0 saturated heterocycles. The molecule has 6 nitrogen and oxygen atoms in total. The van der Waals surface area contributed by atoms with Crippen molar-refractivity contribution in [1.29, 1.82) is 0 Å². The van der Waals surface area contributed by atoms with Crippen LogP contribution in [0.2, 0.25) is 0 Å². The third-order valence-electron chi connectivity index (χ3n) is 8.53. The van der Waals surface area contributed by atoms with E-state index in [1.54, 1.807) is 68.8 Å². The quantitative estimate of drug-likeness (QED) is 0.148. The molecule has 8 aromatic rings. The standard InChI is InChI=1S/C24H19FO2.C14H12BrFO2.C10H9BO2/c1-26-21-14-7-15-22(27-2)23(21)20-13-6-12-19(24(20)25)18-11-5-9-16-8-3-4-10-17(16)18;1-17-11-7-4-8-12(18-2)13(11)9-5-3-6-10(15)14(9)16;12-11(13)10-7-3-5-8-4-1-2-6-9(8)10/h3-15H,1-2H3;3-8H,1-2H3;1-7,12-13H/i3D,4D,5D,8D,9D,10D,11D;;1D,2D,3D,4D,5D,6D,7D. The van der Waals surface area contributed by atoms with Crippen LogP contribution >= 0.6 is 15.9 Å². The summed E-state index contributed by atoms with van der Waals surface area (Å²) in [6.45, 7) is 0.